The third-order valence-electron chi connectivity index (χ3n) is 4.17. The number of carbonyl (C=O) groups is 3. The number of rotatable bonds is 6. The van der Waals surface area contributed by atoms with Crippen LogP contribution in [-0.2, 0) is 4.74 Å². The lowest BCUT2D eigenvalue weighted by Crippen LogP contribution is -2.18. The Morgan fingerprint density at radius 2 is 1.75 bits per heavy atom. The number of hydrogen-bond acceptors (Lipinski definition) is 5. The van der Waals surface area contributed by atoms with Crippen LogP contribution >= 0.6 is 0 Å². The summed E-state index contributed by atoms with van der Waals surface area (Å²) in [4.78, 5) is 37.0. The van der Waals surface area contributed by atoms with Gasteiger partial charge in [0.25, 0.3) is 5.91 Å². The van der Waals surface area contributed by atoms with Crippen LogP contribution in [-0.4, -0.2) is 24.3 Å². The van der Waals surface area contributed by atoms with Crippen LogP contribution in [0.3, 0.4) is 0 Å². The number of amides is 1. The number of nitrogens with one attached hydrogen (secondary N) is 1. The van der Waals surface area contributed by atoms with Gasteiger partial charge in [-0.25, -0.2) is 4.79 Å². The van der Waals surface area contributed by atoms with Gasteiger partial charge in [-0.1, -0.05) is 29.8 Å². The van der Waals surface area contributed by atoms with E-state index < -0.39 is 11.9 Å². The molecule has 6 heteroatoms. The Morgan fingerprint density at radius 1 is 0.964 bits per heavy atom. The third-order valence-corrected chi connectivity index (χ3v) is 4.17. The summed E-state index contributed by atoms with van der Waals surface area (Å²) in [6.07, 6.45) is 1.38. The fraction of sp³-hybridized carbons (Fsp3) is 0.136. The number of carbonyl (C=O) groups excluding carboxylic acids is 3. The number of anilines is 1. The van der Waals surface area contributed by atoms with Crippen LogP contribution < -0.4 is 5.32 Å². The van der Waals surface area contributed by atoms with Crippen molar-refractivity contribution in [3.05, 3.63) is 88.9 Å². The van der Waals surface area contributed by atoms with Crippen LogP contribution in [0.15, 0.2) is 65.3 Å². The summed E-state index contributed by atoms with van der Waals surface area (Å²) < 4.78 is 10.2. The second kappa shape index (κ2) is 8.35. The van der Waals surface area contributed by atoms with Gasteiger partial charge < -0.3 is 14.5 Å². The van der Waals surface area contributed by atoms with Gasteiger partial charge in [0.2, 0.25) is 5.78 Å². The first-order valence-electron chi connectivity index (χ1n) is 8.67. The molecule has 0 saturated carbocycles. The van der Waals surface area contributed by atoms with E-state index in [0.717, 1.165) is 11.1 Å². The molecule has 6 nitrogen and oxygen atoms in total. The molecule has 0 saturated heterocycles. The quantitative estimate of drug-likeness (QED) is 0.514. The first kappa shape index (κ1) is 19.1. The van der Waals surface area contributed by atoms with Crippen LogP contribution in [0.4, 0.5) is 5.69 Å². The second-order valence-corrected chi connectivity index (χ2v) is 6.29. The van der Waals surface area contributed by atoms with E-state index in [9.17, 15) is 14.4 Å². The zero-order valence-electron chi connectivity index (χ0n) is 15.5. The van der Waals surface area contributed by atoms with E-state index in [4.69, 9.17) is 9.15 Å². The lowest BCUT2D eigenvalue weighted by atomic mass is 10.0. The molecule has 3 aromatic rings. The molecule has 0 spiro atoms. The highest BCUT2D eigenvalue weighted by molar-refractivity contribution is 6.07. The van der Waals surface area contributed by atoms with Gasteiger partial charge in [-0.15, -0.1) is 0 Å². The van der Waals surface area contributed by atoms with Crippen molar-refractivity contribution in [2.24, 2.45) is 0 Å². The molecule has 0 radical (unpaired) electrons. The molecule has 0 unspecified atom stereocenters. The minimum atomic E-state index is -0.700. The maximum absolute atomic E-state index is 12.5. The highest BCUT2D eigenvalue weighted by Crippen LogP contribution is 2.18. The number of para-hydroxylation sites is 1. The summed E-state index contributed by atoms with van der Waals surface area (Å²) in [6.45, 7) is 3.33. The summed E-state index contributed by atoms with van der Waals surface area (Å²) in [6, 6.07) is 15.0. The van der Waals surface area contributed by atoms with Crippen LogP contribution in [0.2, 0.25) is 0 Å². The standard InChI is InChI=1S/C22H19NO5/c1-14-9-10-15(2)17(12-14)19(24)13-28-22(26)16-6-3-4-7-18(16)23-21(25)20-8-5-11-27-20/h3-12H,13H2,1-2H3,(H,23,25). The molecule has 1 aromatic heterocycles. The lowest BCUT2D eigenvalue weighted by Gasteiger charge is -2.11. The first-order chi connectivity index (χ1) is 13.5. The molecule has 3 rings (SSSR count). The average Bonchev–Trinajstić information content (AvgIpc) is 3.23. The predicted octanol–water partition coefficient (Wildman–Crippen LogP) is 4.19. The summed E-state index contributed by atoms with van der Waals surface area (Å²) in [5.74, 6) is -1.36. The molecule has 1 amide bonds. The van der Waals surface area contributed by atoms with Gasteiger partial charge in [0.15, 0.2) is 12.4 Å². The van der Waals surface area contributed by atoms with Crippen LogP contribution in [0.25, 0.3) is 0 Å². The Bertz CT molecular complexity index is 1020. The number of ether oxygens (including phenoxy) is 1. The molecule has 1 N–H and O–H groups in total. The van der Waals surface area contributed by atoms with Crippen molar-refractivity contribution in [1.82, 2.24) is 0 Å². The number of hydrogen-bond donors (Lipinski definition) is 1. The van der Waals surface area contributed by atoms with Crippen molar-refractivity contribution < 1.29 is 23.5 Å². The lowest BCUT2D eigenvalue weighted by molar-refractivity contribution is 0.0475. The van der Waals surface area contributed by atoms with Crippen molar-refractivity contribution in [3.63, 3.8) is 0 Å². The zero-order valence-corrected chi connectivity index (χ0v) is 15.5. The first-order valence-corrected chi connectivity index (χ1v) is 8.67. The van der Waals surface area contributed by atoms with Gasteiger partial charge in [0.05, 0.1) is 17.5 Å². The van der Waals surface area contributed by atoms with Crippen molar-refractivity contribution in [2.75, 3.05) is 11.9 Å². The molecule has 142 valence electrons. The van der Waals surface area contributed by atoms with Crippen LogP contribution in [0.5, 0.6) is 0 Å². The number of esters is 1. The maximum atomic E-state index is 12.5. The summed E-state index contributed by atoms with van der Waals surface area (Å²) in [5, 5.41) is 2.61. The normalized spacial score (nSPS) is 10.4. The van der Waals surface area contributed by atoms with Gasteiger partial charge in [-0.2, -0.15) is 0 Å². The van der Waals surface area contributed by atoms with E-state index in [1.54, 1.807) is 30.3 Å². The number of furan rings is 1. The highest BCUT2D eigenvalue weighted by Gasteiger charge is 2.18. The Hall–Kier alpha value is -3.67. The molecular weight excluding hydrogens is 358 g/mol. The summed E-state index contributed by atoms with van der Waals surface area (Å²) in [5.41, 5.74) is 2.71. The van der Waals surface area contributed by atoms with Crippen LogP contribution in [0.1, 0.15) is 42.4 Å². The van der Waals surface area contributed by atoms with Gasteiger partial charge >= 0.3 is 5.97 Å². The molecule has 0 aliphatic rings. The van der Waals surface area contributed by atoms with E-state index in [-0.39, 0.29) is 29.4 Å². The van der Waals surface area contributed by atoms with Crippen molar-refractivity contribution in [1.29, 1.82) is 0 Å². The molecule has 2 aromatic carbocycles. The summed E-state index contributed by atoms with van der Waals surface area (Å²) >= 11 is 0. The minimum Gasteiger partial charge on any atom is -0.459 e. The van der Waals surface area contributed by atoms with Gasteiger partial charge in [0.1, 0.15) is 0 Å². The van der Waals surface area contributed by atoms with E-state index in [0.29, 0.717) is 5.56 Å². The van der Waals surface area contributed by atoms with Crippen LogP contribution in [0, 0.1) is 13.8 Å². The van der Waals surface area contributed by atoms with Gasteiger partial charge in [-0.3, -0.25) is 9.59 Å². The second-order valence-electron chi connectivity index (χ2n) is 6.29. The average molecular weight is 377 g/mol. The molecule has 0 aliphatic heterocycles. The Balaban J connectivity index is 1.70. The molecule has 28 heavy (non-hydrogen) atoms. The molecular formula is C22H19NO5. The fourth-order valence-electron chi connectivity index (χ4n) is 2.68. The monoisotopic (exact) mass is 377 g/mol. The molecule has 0 fully saturated rings. The maximum Gasteiger partial charge on any atom is 0.340 e. The van der Waals surface area contributed by atoms with E-state index in [1.165, 1.54) is 18.4 Å². The van der Waals surface area contributed by atoms with Crippen molar-refractivity contribution >= 4 is 23.3 Å². The number of benzene rings is 2. The molecule has 0 aliphatic carbocycles. The Morgan fingerprint density at radius 3 is 2.50 bits per heavy atom. The zero-order chi connectivity index (χ0) is 20.1. The topological polar surface area (TPSA) is 85.6 Å². The number of Topliss-reactive ketones (excluding diaryl/α,β-unsaturated/α-hetero) is 1. The largest absolute Gasteiger partial charge is 0.459 e. The van der Waals surface area contributed by atoms with Gasteiger partial charge in [-0.05, 0) is 49.7 Å². The molecule has 0 atom stereocenters. The van der Waals surface area contributed by atoms with E-state index >= 15 is 0 Å². The predicted molar refractivity (Wildman–Crippen MR) is 104 cm³/mol. The van der Waals surface area contributed by atoms with E-state index in [1.807, 2.05) is 26.0 Å². The minimum absolute atomic E-state index is 0.119. The SMILES string of the molecule is Cc1ccc(C)c(C(=O)COC(=O)c2ccccc2NC(=O)c2ccco2)c1. The number of aryl methyl sites for hydroxylation is 2. The smallest absolute Gasteiger partial charge is 0.340 e. The molecule has 1 heterocycles. The third kappa shape index (κ3) is 4.35. The highest BCUT2D eigenvalue weighted by atomic mass is 16.5. The van der Waals surface area contributed by atoms with Crippen molar-refractivity contribution in [2.45, 2.75) is 13.8 Å². The summed E-state index contributed by atoms with van der Waals surface area (Å²) in [7, 11) is 0. The molecule has 0 bridgehead atoms. The Labute approximate surface area is 162 Å². The fourth-order valence-corrected chi connectivity index (χ4v) is 2.68. The number of ketones is 1. The van der Waals surface area contributed by atoms with E-state index in [2.05, 4.69) is 5.32 Å². The Kier molecular flexibility index (Phi) is 5.69. The van der Waals surface area contributed by atoms with Gasteiger partial charge in [0, 0.05) is 5.56 Å². The van der Waals surface area contributed by atoms with Crippen molar-refractivity contribution in [3.8, 4) is 0 Å².